The number of allylic oxidation sites excluding steroid dienone is 1. The highest BCUT2D eigenvalue weighted by Gasteiger charge is 2.08. The van der Waals surface area contributed by atoms with Crippen LogP contribution in [0.5, 0.6) is 0 Å². The summed E-state index contributed by atoms with van der Waals surface area (Å²) in [4.78, 5) is 17.7. The molecule has 0 radical (unpaired) electrons. The first-order chi connectivity index (χ1) is 10.1. The van der Waals surface area contributed by atoms with Crippen LogP contribution in [-0.2, 0) is 4.74 Å². The zero-order valence-electron chi connectivity index (χ0n) is 13.1. The van der Waals surface area contributed by atoms with E-state index in [2.05, 4.69) is 21.3 Å². The summed E-state index contributed by atoms with van der Waals surface area (Å²) in [5, 5.41) is 2.67. The number of nitrogens with zero attached hydrogens (tertiary/aromatic N) is 2. The van der Waals surface area contributed by atoms with Crippen LogP contribution in [0.1, 0.15) is 20.8 Å². The molecule has 1 aromatic carbocycles. The molecule has 0 saturated carbocycles. The van der Waals surface area contributed by atoms with Crippen molar-refractivity contribution in [2.45, 2.75) is 20.8 Å². The molecule has 114 valence electrons. The largest absolute Gasteiger partial charge is 0.450 e. The molecule has 1 rings (SSSR count). The number of hydrogen-bond acceptors (Lipinski definition) is 3. The van der Waals surface area contributed by atoms with Gasteiger partial charge in [0.2, 0.25) is 0 Å². The number of rotatable bonds is 5. The van der Waals surface area contributed by atoms with Crippen molar-refractivity contribution in [2.24, 2.45) is 4.99 Å². The van der Waals surface area contributed by atoms with Crippen LogP contribution < -0.4 is 10.2 Å². The number of amides is 1. The van der Waals surface area contributed by atoms with E-state index in [1.807, 2.05) is 44.2 Å². The van der Waals surface area contributed by atoms with Crippen LogP contribution in [0.25, 0.3) is 0 Å². The van der Waals surface area contributed by atoms with Gasteiger partial charge in [0.25, 0.3) is 0 Å². The average molecular weight is 289 g/mol. The molecule has 0 bridgehead atoms. The highest BCUT2D eigenvalue weighted by atomic mass is 16.5. The van der Waals surface area contributed by atoms with E-state index >= 15 is 0 Å². The smallest absolute Gasteiger partial charge is 0.411 e. The molecule has 0 aromatic heterocycles. The first-order valence-electron chi connectivity index (χ1n) is 6.98. The lowest BCUT2D eigenvalue weighted by atomic mass is 10.2. The van der Waals surface area contributed by atoms with Crippen LogP contribution in [0.15, 0.2) is 41.4 Å². The van der Waals surface area contributed by atoms with E-state index in [0.717, 1.165) is 18.1 Å². The minimum absolute atomic E-state index is 0.354. The summed E-state index contributed by atoms with van der Waals surface area (Å²) in [6.45, 7) is 6.84. The second-order valence-electron chi connectivity index (χ2n) is 4.34. The van der Waals surface area contributed by atoms with Gasteiger partial charge in [-0.1, -0.05) is 12.2 Å². The molecule has 0 atom stereocenters. The predicted molar refractivity (Wildman–Crippen MR) is 88.3 cm³/mol. The number of hydrogen-bond donors (Lipinski definition) is 1. The quantitative estimate of drug-likeness (QED) is 0.511. The maximum atomic E-state index is 11.4. The van der Waals surface area contributed by atoms with Crippen LogP contribution in [0, 0.1) is 0 Å². The van der Waals surface area contributed by atoms with Crippen molar-refractivity contribution >= 4 is 23.3 Å². The van der Waals surface area contributed by atoms with Gasteiger partial charge in [-0.15, -0.1) is 0 Å². The highest BCUT2D eigenvalue weighted by Crippen LogP contribution is 2.19. The topological polar surface area (TPSA) is 53.9 Å². The van der Waals surface area contributed by atoms with Crippen molar-refractivity contribution in [1.29, 1.82) is 0 Å². The number of aliphatic imine (C=N–C) groups is 1. The van der Waals surface area contributed by atoms with E-state index in [0.29, 0.717) is 12.3 Å². The molecule has 5 nitrogen and oxygen atoms in total. The number of benzene rings is 1. The van der Waals surface area contributed by atoms with E-state index in [1.54, 1.807) is 14.0 Å². The summed E-state index contributed by atoms with van der Waals surface area (Å²) in [6, 6.07) is 7.58. The van der Waals surface area contributed by atoms with Crippen LogP contribution in [-0.4, -0.2) is 32.1 Å². The number of carbonyl (C=O) groups excluding carboxylic acids is 1. The van der Waals surface area contributed by atoms with Crippen LogP contribution in [0.2, 0.25) is 0 Å². The zero-order valence-corrected chi connectivity index (χ0v) is 13.1. The third kappa shape index (κ3) is 5.30. The molecule has 1 amide bonds. The van der Waals surface area contributed by atoms with Crippen LogP contribution >= 0.6 is 0 Å². The monoisotopic (exact) mass is 289 g/mol. The summed E-state index contributed by atoms with van der Waals surface area (Å²) in [5.74, 6) is 0.930. The van der Waals surface area contributed by atoms with Gasteiger partial charge >= 0.3 is 6.09 Å². The van der Waals surface area contributed by atoms with Gasteiger partial charge in [0.15, 0.2) is 0 Å². The molecule has 0 fully saturated rings. The van der Waals surface area contributed by atoms with E-state index < -0.39 is 6.09 Å². The van der Waals surface area contributed by atoms with Crippen molar-refractivity contribution in [3.05, 3.63) is 36.4 Å². The van der Waals surface area contributed by atoms with Gasteiger partial charge in [0, 0.05) is 25.0 Å². The molecular formula is C16H23N3O2. The number of carbonyl (C=O) groups is 1. The Bertz CT molecular complexity index is 507. The molecule has 0 spiro atoms. The van der Waals surface area contributed by atoms with E-state index in [9.17, 15) is 4.79 Å². The average Bonchev–Trinajstić information content (AvgIpc) is 2.49. The van der Waals surface area contributed by atoms with Crippen molar-refractivity contribution < 1.29 is 9.53 Å². The predicted octanol–water partition coefficient (Wildman–Crippen LogP) is 3.69. The molecule has 1 aromatic rings. The Morgan fingerprint density at radius 3 is 2.57 bits per heavy atom. The second-order valence-corrected chi connectivity index (χ2v) is 4.34. The molecule has 0 heterocycles. The van der Waals surface area contributed by atoms with Gasteiger partial charge in [0.05, 0.1) is 6.61 Å². The maximum Gasteiger partial charge on any atom is 0.411 e. The zero-order chi connectivity index (χ0) is 15.7. The Morgan fingerprint density at radius 2 is 2.05 bits per heavy atom. The lowest BCUT2D eigenvalue weighted by molar-refractivity contribution is 0.168. The summed E-state index contributed by atoms with van der Waals surface area (Å²) in [6.07, 6.45) is 3.63. The molecule has 0 aliphatic heterocycles. The van der Waals surface area contributed by atoms with Gasteiger partial charge in [-0.25, -0.2) is 4.79 Å². The number of nitrogens with one attached hydrogen (secondary N) is 1. The Labute approximate surface area is 126 Å². The summed E-state index contributed by atoms with van der Waals surface area (Å²) in [5.41, 5.74) is 1.72. The van der Waals surface area contributed by atoms with Gasteiger partial charge in [0.1, 0.15) is 5.84 Å². The molecular weight excluding hydrogens is 266 g/mol. The summed E-state index contributed by atoms with van der Waals surface area (Å²) in [7, 11) is 1.77. The Kier molecular flexibility index (Phi) is 7.01. The van der Waals surface area contributed by atoms with Crippen LogP contribution in [0.4, 0.5) is 16.2 Å². The van der Waals surface area contributed by atoms with Crippen molar-refractivity contribution in [3.63, 3.8) is 0 Å². The summed E-state index contributed by atoms with van der Waals surface area (Å²) < 4.78 is 4.84. The van der Waals surface area contributed by atoms with Gasteiger partial charge in [-0.2, -0.15) is 0 Å². The van der Waals surface area contributed by atoms with Gasteiger partial charge < -0.3 is 9.64 Å². The Hall–Kier alpha value is -2.30. The lowest BCUT2D eigenvalue weighted by Gasteiger charge is -2.23. The van der Waals surface area contributed by atoms with E-state index in [1.165, 1.54) is 0 Å². The Morgan fingerprint density at radius 1 is 1.38 bits per heavy atom. The van der Waals surface area contributed by atoms with E-state index in [-0.39, 0.29) is 0 Å². The van der Waals surface area contributed by atoms with Crippen molar-refractivity contribution in [1.82, 2.24) is 0 Å². The minimum atomic E-state index is -0.442. The van der Waals surface area contributed by atoms with Gasteiger partial charge in [-0.05, 0) is 45.0 Å². The van der Waals surface area contributed by atoms with E-state index in [4.69, 9.17) is 4.74 Å². The van der Waals surface area contributed by atoms with Crippen molar-refractivity contribution in [3.8, 4) is 0 Å². The minimum Gasteiger partial charge on any atom is -0.450 e. The fourth-order valence-corrected chi connectivity index (χ4v) is 1.77. The standard InChI is InChI=1S/C16H23N3O2/c1-5-7-12-19(13(3)17-4)15-10-8-14(9-11-15)18-16(20)21-6-2/h5,7-11H,6,12H2,1-4H3,(H,18,20)/b7-5+,17-13?. The second kappa shape index (κ2) is 8.79. The molecule has 5 heteroatoms. The number of amidine groups is 1. The third-order valence-electron chi connectivity index (χ3n) is 2.94. The number of ether oxygens (including phenoxy) is 1. The molecule has 21 heavy (non-hydrogen) atoms. The number of anilines is 2. The van der Waals surface area contributed by atoms with Crippen LogP contribution in [0.3, 0.4) is 0 Å². The molecule has 0 aliphatic rings. The molecule has 0 aliphatic carbocycles. The molecule has 0 unspecified atom stereocenters. The lowest BCUT2D eigenvalue weighted by Crippen LogP contribution is -2.28. The summed E-state index contributed by atoms with van der Waals surface area (Å²) >= 11 is 0. The fourth-order valence-electron chi connectivity index (χ4n) is 1.77. The van der Waals surface area contributed by atoms with Crippen molar-refractivity contribution in [2.75, 3.05) is 30.4 Å². The Balaban J connectivity index is 2.84. The third-order valence-corrected chi connectivity index (χ3v) is 2.94. The molecule has 1 N–H and O–H groups in total. The fraction of sp³-hybridized carbons (Fsp3) is 0.375. The maximum absolute atomic E-state index is 11.4. The first-order valence-corrected chi connectivity index (χ1v) is 6.98. The first kappa shape index (κ1) is 16.8. The normalized spacial score (nSPS) is 11.5. The van der Waals surface area contributed by atoms with Gasteiger partial charge in [-0.3, -0.25) is 10.3 Å². The SMILES string of the molecule is C/C=C/CN(C(C)=NC)c1ccc(NC(=O)OCC)cc1. The highest BCUT2D eigenvalue weighted by molar-refractivity contribution is 5.96. The molecule has 0 saturated heterocycles.